The van der Waals surface area contributed by atoms with Gasteiger partial charge in [0.15, 0.2) is 0 Å². The first-order valence-electron chi connectivity index (χ1n) is 9.21. The Morgan fingerprint density at radius 2 is 2.00 bits per heavy atom. The number of ether oxygens (including phenoxy) is 4. The summed E-state index contributed by atoms with van der Waals surface area (Å²) in [5.41, 5.74) is 0.349. The number of halogens is 1. The molecule has 1 radical (unpaired) electrons. The summed E-state index contributed by atoms with van der Waals surface area (Å²) in [6.45, 7) is 2.96. The molecule has 153 valence electrons. The molecule has 2 aliphatic heterocycles. The second-order valence-electron chi connectivity index (χ2n) is 6.50. The molecule has 1 saturated heterocycles. The number of aromatic nitrogens is 1. The number of pyridine rings is 1. The normalized spacial score (nSPS) is 17.1. The number of rotatable bonds is 7. The summed E-state index contributed by atoms with van der Waals surface area (Å²) in [5.74, 6) is -2.32. The molecule has 1 fully saturated rings. The highest BCUT2D eigenvalue weighted by Gasteiger charge is 2.46. The van der Waals surface area contributed by atoms with E-state index in [0.29, 0.717) is 31.9 Å². The molecule has 0 atom stereocenters. The maximum absolute atomic E-state index is 13.2. The van der Waals surface area contributed by atoms with Gasteiger partial charge in [0, 0.05) is 19.9 Å². The molecule has 1 aromatic rings. The summed E-state index contributed by atoms with van der Waals surface area (Å²) in [6, 6.07) is 1.60. The summed E-state index contributed by atoms with van der Waals surface area (Å²) < 4.78 is 36.3. The van der Waals surface area contributed by atoms with E-state index in [1.54, 1.807) is 13.0 Å². The average Bonchev–Trinajstić information content (AvgIpc) is 3.27. The van der Waals surface area contributed by atoms with E-state index >= 15 is 0 Å². The highest BCUT2D eigenvalue weighted by molar-refractivity contribution is 5.90. The van der Waals surface area contributed by atoms with E-state index in [1.807, 2.05) is 0 Å². The number of hydrogen-bond acceptors (Lipinski definition) is 7. The van der Waals surface area contributed by atoms with Gasteiger partial charge < -0.3 is 23.5 Å². The van der Waals surface area contributed by atoms with E-state index in [4.69, 9.17) is 18.9 Å². The topological polar surface area (TPSA) is 93.1 Å². The lowest BCUT2D eigenvalue weighted by atomic mass is 9.91. The van der Waals surface area contributed by atoms with Crippen LogP contribution in [-0.4, -0.2) is 43.0 Å². The monoisotopic (exact) mass is 396 g/mol. The molecule has 3 rings (SSSR count). The molecule has 0 bridgehead atoms. The van der Waals surface area contributed by atoms with Crippen molar-refractivity contribution in [2.75, 3.05) is 26.5 Å². The van der Waals surface area contributed by atoms with Gasteiger partial charge in [0.2, 0.25) is 5.79 Å². The Morgan fingerprint density at radius 1 is 1.29 bits per heavy atom. The minimum absolute atomic E-state index is 0.0204. The van der Waals surface area contributed by atoms with Gasteiger partial charge in [0.25, 0.3) is 5.56 Å². The highest BCUT2D eigenvalue weighted by atomic mass is 19.1. The van der Waals surface area contributed by atoms with Gasteiger partial charge in [-0.2, -0.15) is 0 Å². The Bertz CT molecular complexity index is 813. The number of hydrogen-bond donors (Lipinski definition) is 0. The van der Waals surface area contributed by atoms with Crippen LogP contribution in [0.15, 0.2) is 10.9 Å². The van der Waals surface area contributed by atoms with Gasteiger partial charge >= 0.3 is 11.9 Å². The first-order valence-corrected chi connectivity index (χ1v) is 9.21. The fourth-order valence-electron chi connectivity index (χ4n) is 3.60. The largest absolute Gasteiger partial charge is 0.465 e. The molecule has 28 heavy (non-hydrogen) atoms. The first kappa shape index (κ1) is 20.5. The minimum atomic E-state index is -1.05. The van der Waals surface area contributed by atoms with Gasteiger partial charge in [-0.05, 0) is 25.0 Å². The van der Waals surface area contributed by atoms with Crippen LogP contribution in [0.1, 0.15) is 43.5 Å². The van der Waals surface area contributed by atoms with Gasteiger partial charge in [-0.25, -0.2) is 0 Å². The van der Waals surface area contributed by atoms with E-state index in [9.17, 15) is 18.8 Å². The van der Waals surface area contributed by atoms with Crippen molar-refractivity contribution in [3.05, 3.63) is 39.2 Å². The second-order valence-corrected chi connectivity index (χ2v) is 6.50. The molecule has 1 spiro atoms. The van der Waals surface area contributed by atoms with Gasteiger partial charge in [-0.1, -0.05) is 0 Å². The summed E-state index contributed by atoms with van der Waals surface area (Å²) in [6.07, 6.45) is 0.208. The van der Waals surface area contributed by atoms with E-state index in [-0.39, 0.29) is 36.7 Å². The van der Waals surface area contributed by atoms with E-state index < -0.39 is 30.0 Å². The van der Waals surface area contributed by atoms with Crippen LogP contribution in [0.2, 0.25) is 0 Å². The number of esters is 2. The molecular weight excluding hydrogens is 373 g/mol. The molecule has 0 aliphatic carbocycles. The lowest BCUT2D eigenvalue weighted by molar-refractivity contribution is -0.163. The SMILES string of the molecule is CCOC(=O)[C](CCF)c1cc2n(c(=O)c1COC(C)=O)CCC21OCCO1. The zero-order chi connectivity index (χ0) is 20.3. The summed E-state index contributed by atoms with van der Waals surface area (Å²) in [4.78, 5) is 36.8. The van der Waals surface area contributed by atoms with Gasteiger partial charge in [0.1, 0.15) is 12.5 Å². The molecule has 8 nitrogen and oxygen atoms in total. The predicted molar refractivity (Wildman–Crippen MR) is 93.9 cm³/mol. The standard InChI is InChI=1S/C19H23FNO7/c1-3-25-18(24)13(4-6-20)14-10-16-19(27-8-9-28-19)5-7-21(16)17(23)15(14)11-26-12(2)22/h10H,3-9,11H2,1-2H3. The molecule has 2 aliphatic rings. The lowest BCUT2D eigenvalue weighted by Gasteiger charge is -2.24. The van der Waals surface area contributed by atoms with Crippen molar-refractivity contribution in [1.82, 2.24) is 4.57 Å². The zero-order valence-corrected chi connectivity index (χ0v) is 15.9. The van der Waals surface area contributed by atoms with E-state index in [1.165, 1.54) is 11.5 Å². The summed E-state index contributed by atoms with van der Waals surface area (Å²) in [7, 11) is 0. The Morgan fingerprint density at radius 3 is 2.61 bits per heavy atom. The number of nitrogens with zero attached hydrogens (tertiary/aromatic N) is 1. The van der Waals surface area contributed by atoms with Crippen LogP contribution < -0.4 is 5.56 Å². The van der Waals surface area contributed by atoms with Gasteiger partial charge in [0.05, 0.1) is 37.8 Å². The third kappa shape index (κ3) is 3.68. The van der Waals surface area contributed by atoms with Gasteiger partial charge in [-0.15, -0.1) is 0 Å². The van der Waals surface area contributed by atoms with Crippen LogP contribution in [0, 0.1) is 5.92 Å². The fourth-order valence-corrected chi connectivity index (χ4v) is 3.60. The van der Waals surface area contributed by atoms with Crippen molar-refractivity contribution < 1.29 is 32.9 Å². The Balaban J connectivity index is 2.14. The Hall–Kier alpha value is -2.26. The molecule has 3 heterocycles. The highest BCUT2D eigenvalue weighted by Crippen LogP contribution is 2.41. The van der Waals surface area contributed by atoms with Crippen LogP contribution >= 0.6 is 0 Å². The maximum atomic E-state index is 13.2. The molecule has 0 unspecified atom stereocenters. The number of carbonyl (C=O) groups excluding carboxylic acids is 2. The third-order valence-corrected chi connectivity index (χ3v) is 4.82. The van der Waals surface area contributed by atoms with Crippen molar-refractivity contribution in [1.29, 1.82) is 0 Å². The average molecular weight is 396 g/mol. The van der Waals surface area contributed by atoms with Crippen molar-refractivity contribution in [3.8, 4) is 0 Å². The molecular formula is C19H23FNO7. The minimum Gasteiger partial charge on any atom is -0.465 e. The van der Waals surface area contributed by atoms with Crippen LogP contribution in [0.3, 0.4) is 0 Å². The molecule has 0 aromatic carbocycles. The predicted octanol–water partition coefficient (Wildman–Crippen LogP) is 1.36. The zero-order valence-electron chi connectivity index (χ0n) is 15.9. The molecule has 9 heteroatoms. The van der Waals surface area contributed by atoms with E-state index in [0.717, 1.165) is 0 Å². The Kier molecular flexibility index (Phi) is 6.14. The summed E-state index contributed by atoms with van der Waals surface area (Å²) >= 11 is 0. The second kappa shape index (κ2) is 8.40. The van der Waals surface area contributed by atoms with Crippen LogP contribution in [-0.2, 0) is 47.5 Å². The van der Waals surface area contributed by atoms with Crippen molar-refractivity contribution in [2.45, 2.75) is 45.6 Å². The number of carbonyl (C=O) groups is 2. The smallest absolute Gasteiger partial charge is 0.318 e. The third-order valence-electron chi connectivity index (χ3n) is 4.82. The van der Waals surface area contributed by atoms with Crippen LogP contribution in [0.4, 0.5) is 4.39 Å². The molecule has 1 aromatic heterocycles. The fraction of sp³-hybridized carbons (Fsp3) is 0.579. The maximum Gasteiger partial charge on any atom is 0.318 e. The number of alkyl halides is 1. The van der Waals surface area contributed by atoms with Crippen molar-refractivity contribution in [3.63, 3.8) is 0 Å². The van der Waals surface area contributed by atoms with E-state index in [2.05, 4.69) is 0 Å². The van der Waals surface area contributed by atoms with Gasteiger partial charge in [-0.3, -0.25) is 18.8 Å². The molecule has 0 amide bonds. The quantitative estimate of drug-likeness (QED) is 0.643. The summed E-state index contributed by atoms with van der Waals surface area (Å²) in [5, 5.41) is 0. The molecule has 0 saturated carbocycles. The first-order chi connectivity index (χ1) is 13.4. The molecule has 0 N–H and O–H groups in total. The van der Waals surface area contributed by atoms with Crippen LogP contribution in [0.5, 0.6) is 0 Å². The Labute approximate surface area is 161 Å². The van der Waals surface area contributed by atoms with Crippen molar-refractivity contribution in [2.24, 2.45) is 0 Å². The lowest BCUT2D eigenvalue weighted by Crippen LogP contribution is -2.32. The van der Waals surface area contributed by atoms with Crippen LogP contribution in [0.25, 0.3) is 0 Å². The van der Waals surface area contributed by atoms with Crippen molar-refractivity contribution >= 4 is 11.9 Å². The number of fused-ring (bicyclic) bond motifs is 2.